The Morgan fingerprint density at radius 2 is 2.00 bits per heavy atom. The summed E-state index contributed by atoms with van der Waals surface area (Å²) in [5, 5.41) is 3.16. The summed E-state index contributed by atoms with van der Waals surface area (Å²) in [5.74, 6) is 1.19. The van der Waals surface area contributed by atoms with Gasteiger partial charge in [-0.1, -0.05) is 0 Å². The maximum atomic E-state index is 12.8. The van der Waals surface area contributed by atoms with Crippen LogP contribution in [0.3, 0.4) is 0 Å². The van der Waals surface area contributed by atoms with Crippen LogP contribution in [-0.2, 0) is 6.54 Å². The van der Waals surface area contributed by atoms with Crippen LogP contribution in [0.2, 0.25) is 0 Å². The molecular formula is C15H15FNO2. The van der Waals surface area contributed by atoms with Crippen molar-refractivity contribution < 1.29 is 13.9 Å². The molecule has 1 radical (unpaired) electrons. The molecule has 0 aliphatic carbocycles. The average molecular weight is 260 g/mol. The largest absolute Gasteiger partial charge is 0.497 e. The average Bonchev–Trinajstić information content (AvgIpc) is 2.46. The van der Waals surface area contributed by atoms with Crippen molar-refractivity contribution in [2.45, 2.75) is 6.54 Å². The molecule has 1 N–H and O–H groups in total. The number of halogens is 1. The minimum absolute atomic E-state index is 0.299. The molecule has 0 saturated heterocycles. The van der Waals surface area contributed by atoms with Crippen molar-refractivity contribution in [1.82, 2.24) is 0 Å². The van der Waals surface area contributed by atoms with E-state index in [1.54, 1.807) is 20.3 Å². The molecule has 0 aliphatic heterocycles. The van der Waals surface area contributed by atoms with Crippen LogP contribution in [-0.4, -0.2) is 14.2 Å². The first-order chi connectivity index (χ1) is 9.22. The maximum Gasteiger partial charge on any atom is 0.127 e. The molecule has 0 saturated carbocycles. The minimum Gasteiger partial charge on any atom is -0.497 e. The standard InChI is InChI=1S/C15H15FNO2/c1-18-14-8-3-11(15(9-14)19-2)10-17-13-6-4-12(16)5-7-13/h3-6,8-9,17H,10H2,1-2H3. The van der Waals surface area contributed by atoms with E-state index in [1.165, 1.54) is 12.1 Å². The van der Waals surface area contributed by atoms with Gasteiger partial charge in [0.1, 0.15) is 17.3 Å². The van der Waals surface area contributed by atoms with Crippen LogP contribution in [0.1, 0.15) is 5.56 Å². The number of ether oxygens (including phenoxy) is 2. The molecule has 0 heterocycles. The number of hydrogen-bond acceptors (Lipinski definition) is 3. The van der Waals surface area contributed by atoms with Gasteiger partial charge in [-0.25, -0.2) is 4.39 Å². The summed E-state index contributed by atoms with van der Waals surface area (Å²) in [6.07, 6.45) is 0. The van der Waals surface area contributed by atoms with Gasteiger partial charge in [-0.05, 0) is 30.3 Å². The first-order valence-corrected chi connectivity index (χ1v) is 5.85. The van der Waals surface area contributed by atoms with Crippen LogP contribution in [0.15, 0.2) is 36.4 Å². The van der Waals surface area contributed by atoms with Gasteiger partial charge in [-0.3, -0.25) is 0 Å². The molecule has 2 rings (SSSR count). The van der Waals surface area contributed by atoms with E-state index in [1.807, 2.05) is 18.2 Å². The molecule has 2 aromatic rings. The summed E-state index contributed by atoms with van der Waals surface area (Å²) >= 11 is 0. The van der Waals surface area contributed by atoms with E-state index in [0.29, 0.717) is 6.54 Å². The summed E-state index contributed by atoms with van der Waals surface area (Å²) in [6, 6.07) is 12.8. The number of nitrogens with one attached hydrogen (secondary N) is 1. The monoisotopic (exact) mass is 260 g/mol. The Kier molecular flexibility index (Phi) is 4.23. The van der Waals surface area contributed by atoms with Crippen LogP contribution in [0.25, 0.3) is 0 Å². The van der Waals surface area contributed by atoms with Gasteiger partial charge in [0.05, 0.1) is 14.2 Å². The second-order valence-electron chi connectivity index (χ2n) is 3.95. The summed E-state index contributed by atoms with van der Waals surface area (Å²) in [4.78, 5) is 0. The van der Waals surface area contributed by atoms with Crippen molar-refractivity contribution in [3.63, 3.8) is 0 Å². The van der Waals surface area contributed by atoms with Crippen LogP contribution in [0, 0.1) is 11.9 Å². The lowest BCUT2D eigenvalue weighted by atomic mass is 10.2. The molecule has 19 heavy (non-hydrogen) atoms. The third kappa shape index (κ3) is 3.37. The normalized spacial score (nSPS) is 10.1. The topological polar surface area (TPSA) is 30.5 Å². The van der Waals surface area contributed by atoms with E-state index in [-0.39, 0.29) is 5.82 Å². The predicted molar refractivity (Wildman–Crippen MR) is 72.1 cm³/mol. The highest BCUT2D eigenvalue weighted by Crippen LogP contribution is 2.25. The predicted octanol–water partition coefficient (Wildman–Crippen LogP) is 3.26. The molecule has 0 atom stereocenters. The molecule has 2 aromatic carbocycles. The van der Waals surface area contributed by atoms with Gasteiger partial charge in [0.15, 0.2) is 0 Å². The van der Waals surface area contributed by atoms with E-state index in [0.717, 1.165) is 22.7 Å². The van der Waals surface area contributed by atoms with Gasteiger partial charge in [-0.15, -0.1) is 0 Å². The zero-order chi connectivity index (χ0) is 13.7. The zero-order valence-electron chi connectivity index (χ0n) is 10.9. The van der Waals surface area contributed by atoms with Crippen molar-refractivity contribution in [3.05, 3.63) is 53.8 Å². The summed E-state index contributed by atoms with van der Waals surface area (Å²) in [5.41, 5.74) is 1.72. The van der Waals surface area contributed by atoms with Gasteiger partial charge < -0.3 is 14.8 Å². The summed E-state index contributed by atoms with van der Waals surface area (Å²) < 4.78 is 23.2. The molecule has 3 nitrogen and oxygen atoms in total. The molecule has 0 fully saturated rings. The highest BCUT2D eigenvalue weighted by atomic mass is 19.1. The third-order valence-electron chi connectivity index (χ3n) is 2.74. The van der Waals surface area contributed by atoms with Crippen LogP contribution < -0.4 is 14.8 Å². The number of methoxy groups -OCH3 is 2. The Hall–Kier alpha value is -2.23. The van der Waals surface area contributed by atoms with E-state index in [9.17, 15) is 4.39 Å². The van der Waals surface area contributed by atoms with Gasteiger partial charge in [0.25, 0.3) is 0 Å². The summed E-state index contributed by atoms with van der Waals surface area (Å²) in [7, 11) is 3.22. The fourth-order valence-corrected chi connectivity index (χ4v) is 1.70. The second-order valence-corrected chi connectivity index (χ2v) is 3.95. The van der Waals surface area contributed by atoms with Gasteiger partial charge in [-0.2, -0.15) is 0 Å². The Labute approximate surface area is 112 Å². The van der Waals surface area contributed by atoms with E-state index in [2.05, 4.69) is 11.4 Å². The third-order valence-corrected chi connectivity index (χ3v) is 2.74. The number of anilines is 1. The molecule has 0 spiro atoms. The summed E-state index contributed by atoms with van der Waals surface area (Å²) in [6.45, 7) is 0.565. The lowest BCUT2D eigenvalue weighted by Crippen LogP contribution is -2.02. The Morgan fingerprint density at radius 3 is 2.63 bits per heavy atom. The molecule has 0 aromatic heterocycles. The van der Waals surface area contributed by atoms with Crippen LogP contribution >= 0.6 is 0 Å². The Bertz CT molecular complexity index is 540. The smallest absolute Gasteiger partial charge is 0.127 e. The molecule has 4 heteroatoms. The Balaban J connectivity index is 2.08. The molecule has 0 bridgehead atoms. The quantitative estimate of drug-likeness (QED) is 0.895. The Morgan fingerprint density at radius 1 is 1.16 bits per heavy atom. The van der Waals surface area contributed by atoms with Crippen LogP contribution in [0.5, 0.6) is 11.5 Å². The van der Waals surface area contributed by atoms with Crippen molar-refractivity contribution >= 4 is 5.69 Å². The zero-order valence-corrected chi connectivity index (χ0v) is 10.9. The number of hydrogen-bond donors (Lipinski definition) is 1. The van der Waals surface area contributed by atoms with Gasteiger partial charge in [0.2, 0.25) is 0 Å². The fourth-order valence-electron chi connectivity index (χ4n) is 1.70. The highest BCUT2D eigenvalue weighted by molar-refractivity contribution is 5.46. The molecule has 0 unspecified atom stereocenters. The maximum absolute atomic E-state index is 12.8. The highest BCUT2D eigenvalue weighted by Gasteiger charge is 2.05. The molecule has 0 amide bonds. The fraction of sp³-hybridized carbons (Fsp3) is 0.200. The van der Waals surface area contributed by atoms with Crippen molar-refractivity contribution in [1.29, 1.82) is 0 Å². The van der Waals surface area contributed by atoms with E-state index >= 15 is 0 Å². The van der Waals surface area contributed by atoms with Crippen molar-refractivity contribution in [2.75, 3.05) is 19.5 Å². The minimum atomic E-state index is -0.299. The first kappa shape index (κ1) is 13.2. The SMILES string of the molecule is COc1ccc(CNc2[c]cc(F)cc2)c(OC)c1. The second kappa shape index (κ2) is 6.09. The van der Waals surface area contributed by atoms with Gasteiger partial charge >= 0.3 is 0 Å². The lowest BCUT2D eigenvalue weighted by Gasteiger charge is -2.11. The molecular weight excluding hydrogens is 245 g/mol. The number of rotatable bonds is 5. The molecule has 0 aliphatic rings. The van der Waals surface area contributed by atoms with E-state index < -0.39 is 0 Å². The van der Waals surface area contributed by atoms with Crippen molar-refractivity contribution in [3.8, 4) is 11.5 Å². The van der Waals surface area contributed by atoms with Gasteiger partial charge in [0, 0.05) is 29.9 Å². The van der Waals surface area contributed by atoms with Crippen LogP contribution in [0.4, 0.5) is 10.1 Å². The first-order valence-electron chi connectivity index (χ1n) is 5.85. The lowest BCUT2D eigenvalue weighted by molar-refractivity contribution is 0.391. The molecule has 99 valence electrons. The number of benzene rings is 2. The van der Waals surface area contributed by atoms with E-state index in [4.69, 9.17) is 9.47 Å². The van der Waals surface area contributed by atoms with Crippen molar-refractivity contribution in [2.24, 2.45) is 0 Å².